The Balaban J connectivity index is 1.58. The van der Waals surface area contributed by atoms with Gasteiger partial charge in [-0.3, -0.25) is 4.79 Å². The van der Waals surface area contributed by atoms with Crippen LogP contribution in [0.1, 0.15) is 43.3 Å². The molecule has 2 aromatic rings. The van der Waals surface area contributed by atoms with Crippen molar-refractivity contribution in [1.29, 1.82) is 0 Å². The standard InChI is InChI=1S/C20H27N3O3S2/c1-20(2,3)26-19(25)22(4)12-14-7-5-9-23(13-14)18(24)16-11-21-17(28-16)15-8-6-10-27-15/h6,8,10-11,14H,5,7,9,12-13H2,1-4H3. The molecule has 0 aromatic carbocycles. The average Bonchev–Trinajstić information content (AvgIpc) is 3.31. The highest BCUT2D eigenvalue weighted by Gasteiger charge is 2.28. The molecule has 2 amide bonds. The van der Waals surface area contributed by atoms with E-state index in [2.05, 4.69) is 4.98 Å². The van der Waals surface area contributed by atoms with Gasteiger partial charge in [-0.1, -0.05) is 6.07 Å². The maximum Gasteiger partial charge on any atom is 0.410 e. The molecule has 0 bridgehead atoms. The fraction of sp³-hybridized carbons (Fsp3) is 0.550. The molecule has 152 valence electrons. The lowest BCUT2D eigenvalue weighted by Crippen LogP contribution is -2.44. The lowest BCUT2D eigenvalue weighted by atomic mass is 9.97. The van der Waals surface area contributed by atoms with Crippen molar-refractivity contribution in [2.75, 3.05) is 26.7 Å². The Bertz CT molecular complexity index is 811. The second-order valence-corrected chi connectivity index (χ2v) is 10.1. The minimum atomic E-state index is -0.508. The maximum atomic E-state index is 12.9. The third-order valence-electron chi connectivity index (χ3n) is 4.49. The predicted octanol–water partition coefficient (Wildman–Crippen LogP) is 4.59. The smallest absolute Gasteiger partial charge is 0.410 e. The Morgan fingerprint density at radius 2 is 2.18 bits per heavy atom. The molecule has 0 N–H and O–H groups in total. The number of ether oxygens (including phenoxy) is 1. The number of thiophene rings is 1. The van der Waals surface area contributed by atoms with Crippen molar-refractivity contribution >= 4 is 34.7 Å². The molecule has 3 heterocycles. The van der Waals surface area contributed by atoms with Gasteiger partial charge in [0.25, 0.3) is 5.91 Å². The van der Waals surface area contributed by atoms with Crippen molar-refractivity contribution < 1.29 is 14.3 Å². The highest BCUT2D eigenvalue weighted by Crippen LogP contribution is 2.30. The zero-order valence-corrected chi connectivity index (χ0v) is 18.4. The van der Waals surface area contributed by atoms with Crippen molar-refractivity contribution in [3.8, 4) is 9.88 Å². The summed E-state index contributed by atoms with van der Waals surface area (Å²) in [5.74, 6) is 0.282. The molecular weight excluding hydrogens is 394 g/mol. The number of piperidine rings is 1. The van der Waals surface area contributed by atoms with E-state index < -0.39 is 5.60 Å². The molecule has 8 heteroatoms. The molecular formula is C20H27N3O3S2. The summed E-state index contributed by atoms with van der Waals surface area (Å²) in [6.45, 7) is 7.57. The Morgan fingerprint density at radius 1 is 1.39 bits per heavy atom. The molecule has 1 saturated heterocycles. The zero-order chi connectivity index (χ0) is 20.3. The molecule has 28 heavy (non-hydrogen) atoms. The van der Waals surface area contributed by atoms with Crippen LogP contribution in [0, 0.1) is 5.92 Å². The van der Waals surface area contributed by atoms with Gasteiger partial charge in [0.15, 0.2) is 0 Å². The molecule has 0 aliphatic carbocycles. The molecule has 1 atom stereocenters. The molecule has 0 radical (unpaired) electrons. The first kappa shape index (κ1) is 20.8. The lowest BCUT2D eigenvalue weighted by molar-refractivity contribution is 0.0244. The molecule has 0 spiro atoms. The Labute approximate surface area is 174 Å². The van der Waals surface area contributed by atoms with Gasteiger partial charge in [-0.25, -0.2) is 9.78 Å². The van der Waals surface area contributed by atoms with Crippen LogP contribution in [-0.2, 0) is 4.74 Å². The number of thiazole rings is 1. The van der Waals surface area contributed by atoms with Crippen molar-refractivity contribution in [2.45, 2.75) is 39.2 Å². The van der Waals surface area contributed by atoms with Gasteiger partial charge < -0.3 is 14.5 Å². The van der Waals surface area contributed by atoms with Gasteiger partial charge in [0.2, 0.25) is 0 Å². The Hall–Kier alpha value is -1.93. The van der Waals surface area contributed by atoms with E-state index in [1.807, 2.05) is 43.2 Å². The maximum absolute atomic E-state index is 12.9. The molecule has 1 aliphatic heterocycles. The van der Waals surface area contributed by atoms with Gasteiger partial charge in [0.05, 0.1) is 11.1 Å². The minimum Gasteiger partial charge on any atom is -0.444 e. The van der Waals surface area contributed by atoms with Gasteiger partial charge in [0, 0.05) is 26.7 Å². The van der Waals surface area contributed by atoms with E-state index in [-0.39, 0.29) is 17.9 Å². The number of nitrogens with zero attached hydrogens (tertiary/aromatic N) is 3. The number of carbonyl (C=O) groups excluding carboxylic acids is 2. The van der Waals surface area contributed by atoms with Gasteiger partial charge >= 0.3 is 6.09 Å². The third-order valence-corrected chi connectivity index (χ3v) is 6.52. The minimum absolute atomic E-state index is 0.0323. The predicted molar refractivity (Wildman–Crippen MR) is 113 cm³/mol. The quantitative estimate of drug-likeness (QED) is 0.724. The Kier molecular flexibility index (Phi) is 6.40. The number of amides is 2. The first-order chi connectivity index (χ1) is 13.2. The van der Waals surface area contributed by atoms with E-state index in [1.54, 1.807) is 29.5 Å². The molecule has 2 aromatic heterocycles. The number of carbonyl (C=O) groups is 2. The summed E-state index contributed by atoms with van der Waals surface area (Å²) < 4.78 is 5.42. The van der Waals surface area contributed by atoms with Crippen LogP contribution in [0.4, 0.5) is 4.79 Å². The second-order valence-electron chi connectivity index (χ2n) is 8.13. The largest absolute Gasteiger partial charge is 0.444 e. The second kappa shape index (κ2) is 8.61. The van der Waals surface area contributed by atoms with Crippen LogP contribution in [-0.4, -0.2) is 59.1 Å². The molecule has 1 fully saturated rings. The molecule has 3 rings (SSSR count). The first-order valence-corrected chi connectivity index (χ1v) is 11.2. The summed E-state index contributed by atoms with van der Waals surface area (Å²) in [5.41, 5.74) is -0.508. The molecule has 1 unspecified atom stereocenters. The SMILES string of the molecule is CN(CC1CCCN(C(=O)c2cnc(-c3cccs3)s2)C1)C(=O)OC(C)(C)C. The number of hydrogen-bond donors (Lipinski definition) is 0. The number of hydrogen-bond acceptors (Lipinski definition) is 6. The van der Waals surface area contributed by atoms with Crippen LogP contribution in [0.3, 0.4) is 0 Å². The van der Waals surface area contributed by atoms with E-state index in [0.29, 0.717) is 18.0 Å². The number of likely N-dealkylation sites (tertiary alicyclic amines) is 1. The van der Waals surface area contributed by atoms with Crippen LogP contribution in [0.2, 0.25) is 0 Å². The summed E-state index contributed by atoms with van der Waals surface area (Å²) in [4.78, 5) is 34.8. The summed E-state index contributed by atoms with van der Waals surface area (Å²) in [6.07, 6.45) is 3.30. The summed E-state index contributed by atoms with van der Waals surface area (Å²) in [6, 6.07) is 4.00. The molecule has 0 saturated carbocycles. The number of rotatable bonds is 4. The van der Waals surface area contributed by atoms with E-state index in [1.165, 1.54) is 11.3 Å². The van der Waals surface area contributed by atoms with Crippen LogP contribution in [0.5, 0.6) is 0 Å². The van der Waals surface area contributed by atoms with E-state index >= 15 is 0 Å². The zero-order valence-electron chi connectivity index (χ0n) is 16.8. The lowest BCUT2D eigenvalue weighted by Gasteiger charge is -2.34. The Morgan fingerprint density at radius 3 is 2.86 bits per heavy atom. The average molecular weight is 422 g/mol. The third kappa shape index (κ3) is 5.32. The highest BCUT2D eigenvalue weighted by molar-refractivity contribution is 7.21. The van der Waals surface area contributed by atoms with Gasteiger partial charge in [-0.2, -0.15) is 0 Å². The van der Waals surface area contributed by atoms with Crippen molar-refractivity contribution in [3.63, 3.8) is 0 Å². The highest BCUT2D eigenvalue weighted by atomic mass is 32.1. The van der Waals surface area contributed by atoms with Crippen LogP contribution in [0.15, 0.2) is 23.7 Å². The summed E-state index contributed by atoms with van der Waals surface area (Å²) >= 11 is 3.07. The van der Waals surface area contributed by atoms with E-state index in [0.717, 1.165) is 29.3 Å². The summed E-state index contributed by atoms with van der Waals surface area (Å²) in [5, 5.41) is 2.89. The fourth-order valence-electron chi connectivity index (χ4n) is 3.24. The van der Waals surface area contributed by atoms with Gasteiger partial charge in [-0.05, 0) is 51.0 Å². The fourth-order valence-corrected chi connectivity index (χ4v) is 4.93. The summed E-state index contributed by atoms with van der Waals surface area (Å²) in [7, 11) is 1.76. The first-order valence-electron chi connectivity index (χ1n) is 9.46. The van der Waals surface area contributed by atoms with E-state index in [4.69, 9.17) is 4.74 Å². The van der Waals surface area contributed by atoms with Crippen LogP contribution in [0.25, 0.3) is 9.88 Å². The monoisotopic (exact) mass is 421 g/mol. The van der Waals surface area contributed by atoms with Crippen molar-refractivity contribution in [2.24, 2.45) is 5.92 Å². The number of aromatic nitrogens is 1. The van der Waals surface area contributed by atoms with Crippen molar-refractivity contribution in [1.82, 2.24) is 14.8 Å². The van der Waals surface area contributed by atoms with E-state index in [9.17, 15) is 9.59 Å². The van der Waals surface area contributed by atoms with Gasteiger partial charge in [-0.15, -0.1) is 22.7 Å². The molecule has 6 nitrogen and oxygen atoms in total. The van der Waals surface area contributed by atoms with Crippen LogP contribution >= 0.6 is 22.7 Å². The van der Waals surface area contributed by atoms with Gasteiger partial charge in [0.1, 0.15) is 15.5 Å². The normalized spacial score (nSPS) is 17.4. The van der Waals surface area contributed by atoms with Crippen molar-refractivity contribution in [3.05, 3.63) is 28.6 Å². The van der Waals surface area contributed by atoms with Crippen LogP contribution < -0.4 is 0 Å². The topological polar surface area (TPSA) is 62.7 Å². The molecule has 1 aliphatic rings.